The number of carbonyl (C=O) groups excluding carboxylic acids is 2. The standard InChI is InChI=1S/C16H17N3O5S/c1-24-14-5-3-2-4-13(14)15(20)19-25(22,23)12-8-6-11(7-9-12)10-18-16(17)21/h2-9H,10H2,1H3,(H,19,20)(H3,17,18,21). The second kappa shape index (κ2) is 7.67. The Labute approximate surface area is 145 Å². The largest absolute Gasteiger partial charge is 0.496 e. The van der Waals surface area contributed by atoms with Crippen molar-refractivity contribution < 1.29 is 22.7 Å². The van der Waals surface area contributed by atoms with Crippen LogP contribution in [0, 0.1) is 0 Å². The number of nitrogens with one attached hydrogen (secondary N) is 2. The molecule has 0 aromatic heterocycles. The summed E-state index contributed by atoms with van der Waals surface area (Å²) in [7, 11) is -2.66. The van der Waals surface area contributed by atoms with Gasteiger partial charge in [0.1, 0.15) is 5.75 Å². The van der Waals surface area contributed by atoms with Gasteiger partial charge in [-0.3, -0.25) is 4.79 Å². The molecule has 0 aliphatic rings. The highest BCUT2D eigenvalue weighted by atomic mass is 32.2. The van der Waals surface area contributed by atoms with Crippen molar-refractivity contribution in [1.29, 1.82) is 0 Å². The lowest BCUT2D eigenvalue weighted by Crippen LogP contribution is -2.31. The van der Waals surface area contributed by atoms with E-state index >= 15 is 0 Å². The van der Waals surface area contributed by atoms with Crippen LogP contribution < -0.4 is 20.5 Å². The molecule has 0 saturated heterocycles. The van der Waals surface area contributed by atoms with Crippen molar-refractivity contribution in [3.05, 3.63) is 59.7 Å². The number of rotatable bonds is 6. The molecule has 4 N–H and O–H groups in total. The van der Waals surface area contributed by atoms with Gasteiger partial charge in [-0.1, -0.05) is 24.3 Å². The van der Waals surface area contributed by atoms with E-state index in [1.165, 1.54) is 37.4 Å². The van der Waals surface area contributed by atoms with Crippen molar-refractivity contribution in [2.45, 2.75) is 11.4 Å². The number of para-hydroxylation sites is 1. The molecule has 0 aliphatic heterocycles. The number of hydrogen-bond donors (Lipinski definition) is 3. The SMILES string of the molecule is COc1ccccc1C(=O)NS(=O)(=O)c1ccc(CNC(N)=O)cc1. The van der Waals surface area contributed by atoms with Gasteiger partial charge in [-0.15, -0.1) is 0 Å². The number of methoxy groups -OCH3 is 1. The number of primary amides is 1. The summed E-state index contributed by atoms with van der Waals surface area (Å²) in [5.41, 5.74) is 5.74. The van der Waals surface area contributed by atoms with Gasteiger partial charge in [0.2, 0.25) is 0 Å². The molecule has 132 valence electrons. The molecule has 0 radical (unpaired) electrons. The van der Waals surface area contributed by atoms with Crippen molar-refractivity contribution in [2.75, 3.05) is 7.11 Å². The number of nitrogens with two attached hydrogens (primary N) is 1. The fourth-order valence-corrected chi connectivity index (χ4v) is 3.01. The van der Waals surface area contributed by atoms with Gasteiger partial charge in [0.25, 0.3) is 15.9 Å². The average Bonchev–Trinajstić information content (AvgIpc) is 2.59. The molecule has 0 bridgehead atoms. The third kappa shape index (κ3) is 4.70. The molecule has 3 amide bonds. The zero-order chi connectivity index (χ0) is 18.4. The Bertz CT molecular complexity index is 879. The molecule has 2 rings (SSSR count). The maximum Gasteiger partial charge on any atom is 0.312 e. The highest BCUT2D eigenvalue weighted by Crippen LogP contribution is 2.18. The Morgan fingerprint density at radius 3 is 2.32 bits per heavy atom. The summed E-state index contributed by atoms with van der Waals surface area (Å²) in [6.45, 7) is 0.170. The molecular formula is C16H17N3O5S. The lowest BCUT2D eigenvalue weighted by atomic mass is 10.2. The first-order valence-electron chi connectivity index (χ1n) is 7.16. The van der Waals surface area contributed by atoms with Crippen molar-refractivity contribution >= 4 is 22.0 Å². The molecule has 0 heterocycles. The summed E-state index contributed by atoms with van der Waals surface area (Å²) in [6, 6.07) is 11.3. The van der Waals surface area contributed by atoms with Crippen LogP contribution in [0.25, 0.3) is 0 Å². The zero-order valence-corrected chi connectivity index (χ0v) is 14.2. The predicted molar refractivity (Wildman–Crippen MR) is 90.5 cm³/mol. The third-order valence-electron chi connectivity index (χ3n) is 3.28. The van der Waals surface area contributed by atoms with Gasteiger partial charge in [-0.2, -0.15) is 0 Å². The monoisotopic (exact) mass is 363 g/mol. The summed E-state index contributed by atoms with van der Waals surface area (Å²) < 4.78 is 31.7. The highest BCUT2D eigenvalue weighted by Gasteiger charge is 2.20. The van der Waals surface area contributed by atoms with Crippen LogP contribution in [-0.2, 0) is 16.6 Å². The summed E-state index contributed by atoms with van der Waals surface area (Å²) in [4.78, 5) is 22.8. The predicted octanol–water partition coefficient (Wildman–Crippen LogP) is 0.982. The number of ether oxygens (including phenoxy) is 1. The van der Waals surface area contributed by atoms with Crippen LogP contribution in [0.3, 0.4) is 0 Å². The molecule has 0 aliphatic carbocycles. The Hall–Kier alpha value is -3.07. The molecule has 2 aromatic carbocycles. The van der Waals surface area contributed by atoms with Crippen molar-refractivity contribution in [2.24, 2.45) is 5.73 Å². The Morgan fingerprint density at radius 2 is 1.72 bits per heavy atom. The molecule has 25 heavy (non-hydrogen) atoms. The fraction of sp³-hybridized carbons (Fsp3) is 0.125. The number of benzene rings is 2. The van der Waals surface area contributed by atoms with Crippen LogP contribution in [0.4, 0.5) is 4.79 Å². The molecule has 8 nitrogen and oxygen atoms in total. The second-order valence-electron chi connectivity index (χ2n) is 5.00. The van der Waals surface area contributed by atoms with E-state index in [0.717, 1.165) is 0 Å². The van der Waals surface area contributed by atoms with Crippen molar-refractivity contribution in [3.63, 3.8) is 0 Å². The van der Waals surface area contributed by atoms with Crippen molar-refractivity contribution in [1.82, 2.24) is 10.0 Å². The van der Waals surface area contributed by atoms with Gasteiger partial charge >= 0.3 is 6.03 Å². The number of sulfonamides is 1. The molecular weight excluding hydrogens is 346 g/mol. The highest BCUT2D eigenvalue weighted by molar-refractivity contribution is 7.90. The third-order valence-corrected chi connectivity index (χ3v) is 4.63. The summed E-state index contributed by atoms with van der Waals surface area (Å²) in [5, 5.41) is 2.39. The first-order chi connectivity index (χ1) is 11.8. The van der Waals surface area contributed by atoms with E-state index in [-0.39, 0.29) is 22.8 Å². The minimum absolute atomic E-state index is 0.0847. The fourth-order valence-electron chi connectivity index (χ4n) is 2.04. The molecule has 0 spiro atoms. The Balaban J connectivity index is 2.15. The number of carbonyl (C=O) groups is 2. The smallest absolute Gasteiger partial charge is 0.312 e. The Morgan fingerprint density at radius 1 is 1.08 bits per heavy atom. The lowest BCUT2D eigenvalue weighted by Gasteiger charge is -2.10. The molecule has 9 heteroatoms. The van der Waals surface area contributed by atoms with E-state index in [9.17, 15) is 18.0 Å². The summed E-state index contributed by atoms with van der Waals surface area (Å²) >= 11 is 0. The molecule has 2 aromatic rings. The first-order valence-corrected chi connectivity index (χ1v) is 8.64. The van der Waals surface area contributed by atoms with Gasteiger partial charge in [0, 0.05) is 6.54 Å². The van der Waals surface area contributed by atoms with Crippen LogP contribution in [0.2, 0.25) is 0 Å². The van der Waals surface area contributed by atoms with Gasteiger partial charge in [0.05, 0.1) is 17.6 Å². The van der Waals surface area contributed by atoms with E-state index in [1.807, 2.05) is 4.72 Å². The number of amides is 3. The molecule has 0 fully saturated rings. The van der Waals surface area contributed by atoms with Crippen LogP contribution in [0.15, 0.2) is 53.4 Å². The number of urea groups is 1. The Kier molecular flexibility index (Phi) is 5.60. The maximum absolute atomic E-state index is 12.3. The van der Waals surface area contributed by atoms with Crippen LogP contribution in [0.1, 0.15) is 15.9 Å². The van der Waals surface area contributed by atoms with Gasteiger partial charge in [0.15, 0.2) is 0 Å². The number of hydrogen-bond acceptors (Lipinski definition) is 5. The van der Waals surface area contributed by atoms with E-state index in [1.54, 1.807) is 18.2 Å². The van der Waals surface area contributed by atoms with Crippen LogP contribution in [-0.4, -0.2) is 27.5 Å². The van der Waals surface area contributed by atoms with E-state index in [0.29, 0.717) is 5.56 Å². The zero-order valence-electron chi connectivity index (χ0n) is 13.4. The van der Waals surface area contributed by atoms with Gasteiger partial charge in [-0.25, -0.2) is 17.9 Å². The maximum atomic E-state index is 12.3. The minimum atomic E-state index is -4.05. The quantitative estimate of drug-likeness (QED) is 0.705. The minimum Gasteiger partial charge on any atom is -0.496 e. The van der Waals surface area contributed by atoms with Crippen molar-refractivity contribution in [3.8, 4) is 5.75 Å². The van der Waals surface area contributed by atoms with Gasteiger partial charge < -0.3 is 15.8 Å². The average molecular weight is 363 g/mol. The normalized spacial score (nSPS) is 10.8. The molecule has 0 unspecified atom stereocenters. The summed E-state index contributed by atoms with van der Waals surface area (Å²) in [5.74, 6) is -0.528. The molecule has 0 saturated carbocycles. The second-order valence-corrected chi connectivity index (χ2v) is 6.68. The topological polar surface area (TPSA) is 128 Å². The summed E-state index contributed by atoms with van der Waals surface area (Å²) in [6.07, 6.45) is 0. The van der Waals surface area contributed by atoms with Gasteiger partial charge in [-0.05, 0) is 29.8 Å². The van der Waals surface area contributed by atoms with Crippen LogP contribution in [0.5, 0.6) is 5.75 Å². The lowest BCUT2D eigenvalue weighted by molar-refractivity contribution is 0.0978. The first kappa shape index (κ1) is 18.3. The van der Waals surface area contributed by atoms with Crippen LogP contribution >= 0.6 is 0 Å². The van der Waals surface area contributed by atoms with E-state index < -0.39 is 22.0 Å². The van der Waals surface area contributed by atoms with E-state index in [4.69, 9.17) is 10.5 Å². The molecule has 0 atom stereocenters. The van der Waals surface area contributed by atoms with E-state index in [2.05, 4.69) is 5.32 Å².